The van der Waals surface area contributed by atoms with Crippen LogP contribution in [0.4, 0.5) is 0 Å². The molecule has 0 aliphatic rings. The van der Waals surface area contributed by atoms with Crippen LogP contribution in [0.25, 0.3) is 0 Å². The van der Waals surface area contributed by atoms with E-state index in [1.807, 2.05) is 26.8 Å². The van der Waals surface area contributed by atoms with Gasteiger partial charge in [-0.05, 0) is 37.5 Å². The van der Waals surface area contributed by atoms with Gasteiger partial charge < -0.3 is 4.74 Å². The van der Waals surface area contributed by atoms with Crippen LogP contribution in [0.2, 0.25) is 0 Å². The molecule has 0 heterocycles. The Morgan fingerprint density at radius 3 is 2.55 bits per heavy atom. The molecule has 0 aliphatic carbocycles. The van der Waals surface area contributed by atoms with Crippen molar-refractivity contribution < 1.29 is 13.2 Å². The number of rotatable bonds is 7. The summed E-state index contributed by atoms with van der Waals surface area (Å²) in [6.45, 7) is 8.57. The topological polar surface area (TPSA) is 55.4 Å². The maximum absolute atomic E-state index is 12.5. The van der Waals surface area contributed by atoms with E-state index >= 15 is 0 Å². The third-order valence-electron chi connectivity index (χ3n) is 3.05. The first-order chi connectivity index (χ1) is 9.27. The van der Waals surface area contributed by atoms with Gasteiger partial charge in [-0.15, -0.1) is 0 Å². The third-order valence-corrected chi connectivity index (χ3v) is 5.18. The molecule has 1 unspecified atom stereocenters. The highest BCUT2D eigenvalue weighted by Crippen LogP contribution is 2.21. The number of hydrogen-bond donors (Lipinski definition) is 1. The molecule has 0 amide bonds. The lowest BCUT2D eigenvalue weighted by Crippen LogP contribution is -2.42. The minimum absolute atomic E-state index is 0.156. The van der Waals surface area contributed by atoms with E-state index in [-0.39, 0.29) is 12.0 Å². The van der Waals surface area contributed by atoms with E-state index in [1.165, 1.54) is 0 Å². The molecular formula is C14H22BrNO3S. The van der Waals surface area contributed by atoms with Crippen molar-refractivity contribution in [3.8, 4) is 0 Å². The summed E-state index contributed by atoms with van der Waals surface area (Å²) >= 11 is 3.31. The van der Waals surface area contributed by atoms with Crippen LogP contribution in [0.15, 0.2) is 27.6 Å². The highest BCUT2D eigenvalue weighted by atomic mass is 79.9. The quantitative estimate of drug-likeness (QED) is 0.809. The summed E-state index contributed by atoms with van der Waals surface area (Å²) < 4.78 is 33.8. The lowest BCUT2D eigenvalue weighted by Gasteiger charge is -2.22. The first kappa shape index (κ1) is 17.6. The lowest BCUT2D eigenvalue weighted by molar-refractivity contribution is 0.116. The van der Waals surface area contributed by atoms with Crippen LogP contribution >= 0.6 is 15.9 Å². The first-order valence-corrected chi connectivity index (χ1v) is 8.91. The molecule has 1 rings (SSSR count). The number of sulfonamides is 1. The van der Waals surface area contributed by atoms with E-state index in [0.29, 0.717) is 18.1 Å². The fourth-order valence-corrected chi connectivity index (χ4v) is 3.89. The number of halogens is 1. The number of hydrogen-bond acceptors (Lipinski definition) is 3. The monoisotopic (exact) mass is 363 g/mol. The van der Waals surface area contributed by atoms with Crippen molar-refractivity contribution in [1.82, 2.24) is 4.72 Å². The Kier molecular flexibility index (Phi) is 6.64. The molecule has 4 nitrogen and oxygen atoms in total. The van der Waals surface area contributed by atoms with E-state index in [9.17, 15) is 8.42 Å². The molecule has 114 valence electrons. The van der Waals surface area contributed by atoms with Crippen LogP contribution in [0.1, 0.15) is 26.3 Å². The largest absolute Gasteiger partial charge is 0.380 e. The van der Waals surface area contributed by atoms with Gasteiger partial charge in [-0.1, -0.05) is 35.8 Å². The fourth-order valence-electron chi connectivity index (χ4n) is 1.73. The van der Waals surface area contributed by atoms with E-state index in [4.69, 9.17) is 4.74 Å². The van der Waals surface area contributed by atoms with Crippen LogP contribution in [0, 0.1) is 12.8 Å². The van der Waals surface area contributed by atoms with E-state index in [2.05, 4.69) is 20.7 Å². The van der Waals surface area contributed by atoms with Crippen molar-refractivity contribution in [2.45, 2.75) is 38.6 Å². The summed E-state index contributed by atoms with van der Waals surface area (Å²) in [6, 6.07) is 4.99. The summed E-state index contributed by atoms with van der Waals surface area (Å²) in [5, 5.41) is 0. The molecule has 0 aromatic heterocycles. The second kappa shape index (κ2) is 7.54. The van der Waals surface area contributed by atoms with Crippen LogP contribution in [-0.2, 0) is 14.8 Å². The normalized spacial score (nSPS) is 13.7. The summed E-state index contributed by atoms with van der Waals surface area (Å²) in [4.78, 5) is 0.300. The fraction of sp³-hybridized carbons (Fsp3) is 0.571. The van der Waals surface area contributed by atoms with Gasteiger partial charge in [-0.3, -0.25) is 0 Å². The van der Waals surface area contributed by atoms with Gasteiger partial charge in [0.05, 0.1) is 11.5 Å². The van der Waals surface area contributed by atoms with Gasteiger partial charge in [0.2, 0.25) is 10.0 Å². The highest BCUT2D eigenvalue weighted by Gasteiger charge is 2.24. The maximum Gasteiger partial charge on any atom is 0.241 e. The van der Waals surface area contributed by atoms with Gasteiger partial charge in [0.1, 0.15) is 0 Å². The van der Waals surface area contributed by atoms with Crippen LogP contribution in [-0.4, -0.2) is 27.7 Å². The Labute approximate surface area is 130 Å². The van der Waals surface area contributed by atoms with Crippen LogP contribution < -0.4 is 4.72 Å². The molecule has 0 fully saturated rings. The Balaban J connectivity index is 3.00. The van der Waals surface area contributed by atoms with Crippen molar-refractivity contribution in [3.63, 3.8) is 0 Å². The van der Waals surface area contributed by atoms with Crippen molar-refractivity contribution in [1.29, 1.82) is 0 Å². The van der Waals surface area contributed by atoms with Crippen molar-refractivity contribution in [2.24, 2.45) is 5.92 Å². The van der Waals surface area contributed by atoms with Crippen LogP contribution in [0.5, 0.6) is 0 Å². The molecule has 20 heavy (non-hydrogen) atoms. The molecular weight excluding hydrogens is 342 g/mol. The first-order valence-electron chi connectivity index (χ1n) is 6.64. The molecule has 0 radical (unpaired) electrons. The summed E-state index contributed by atoms with van der Waals surface area (Å²) in [7, 11) is -3.55. The summed E-state index contributed by atoms with van der Waals surface area (Å²) in [6.07, 6.45) is 0. The molecule has 0 aliphatic heterocycles. The zero-order valence-electron chi connectivity index (χ0n) is 12.3. The standard InChI is InChI=1S/C14H22BrNO3S/c1-5-19-9-13(10(2)3)16-20(17,18)14-8-12(15)7-6-11(14)4/h6-8,10,13,16H,5,9H2,1-4H3. The van der Waals surface area contributed by atoms with Gasteiger partial charge in [0, 0.05) is 17.1 Å². The van der Waals surface area contributed by atoms with E-state index < -0.39 is 10.0 Å². The van der Waals surface area contributed by atoms with Crippen LogP contribution in [0.3, 0.4) is 0 Å². The minimum Gasteiger partial charge on any atom is -0.380 e. The predicted octanol–water partition coefficient (Wildman–Crippen LogP) is 3.10. The Bertz CT molecular complexity index is 543. The van der Waals surface area contributed by atoms with Crippen molar-refractivity contribution >= 4 is 26.0 Å². The van der Waals surface area contributed by atoms with Gasteiger partial charge in [-0.2, -0.15) is 0 Å². The molecule has 0 bridgehead atoms. The van der Waals surface area contributed by atoms with E-state index in [0.717, 1.165) is 10.0 Å². The Morgan fingerprint density at radius 2 is 2.00 bits per heavy atom. The zero-order valence-corrected chi connectivity index (χ0v) is 14.7. The molecule has 1 atom stereocenters. The average Bonchev–Trinajstić information content (AvgIpc) is 2.36. The van der Waals surface area contributed by atoms with Crippen molar-refractivity contribution in [2.75, 3.05) is 13.2 Å². The smallest absolute Gasteiger partial charge is 0.241 e. The minimum atomic E-state index is -3.55. The average molecular weight is 364 g/mol. The van der Waals surface area contributed by atoms with Gasteiger partial charge in [0.25, 0.3) is 0 Å². The Morgan fingerprint density at radius 1 is 1.35 bits per heavy atom. The lowest BCUT2D eigenvalue weighted by atomic mass is 10.1. The zero-order chi connectivity index (χ0) is 15.3. The molecule has 1 aromatic carbocycles. The second-order valence-electron chi connectivity index (χ2n) is 5.04. The molecule has 6 heteroatoms. The van der Waals surface area contributed by atoms with Gasteiger partial charge in [0.15, 0.2) is 0 Å². The number of benzene rings is 1. The van der Waals surface area contributed by atoms with Crippen molar-refractivity contribution in [3.05, 3.63) is 28.2 Å². The molecule has 0 spiro atoms. The molecule has 0 saturated carbocycles. The Hall–Kier alpha value is -0.430. The van der Waals surface area contributed by atoms with E-state index in [1.54, 1.807) is 19.1 Å². The maximum atomic E-state index is 12.5. The number of aryl methyl sites for hydroxylation is 1. The summed E-state index contributed by atoms with van der Waals surface area (Å²) in [5.41, 5.74) is 0.722. The van der Waals surface area contributed by atoms with Gasteiger partial charge >= 0.3 is 0 Å². The third kappa shape index (κ3) is 4.84. The highest BCUT2D eigenvalue weighted by molar-refractivity contribution is 9.10. The number of ether oxygens (including phenoxy) is 1. The molecule has 0 saturated heterocycles. The summed E-state index contributed by atoms with van der Waals surface area (Å²) in [5.74, 6) is 0.156. The van der Waals surface area contributed by atoms with Gasteiger partial charge in [-0.25, -0.2) is 13.1 Å². The number of nitrogens with one attached hydrogen (secondary N) is 1. The SMILES string of the molecule is CCOCC(NS(=O)(=O)c1cc(Br)ccc1C)C(C)C. The predicted molar refractivity (Wildman–Crippen MR) is 84.3 cm³/mol. The molecule has 1 N–H and O–H groups in total. The second-order valence-corrected chi connectivity index (χ2v) is 7.64. The molecule has 1 aromatic rings.